The number of aliphatic hydroxyl groups excluding tert-OH is 1. The van der Waals surface area contributed by atoms with Crippen molar-refractivity contribution in [1.29, 1.82) is 0 Å². The highest BCUT2D eigenvalue weighted by Gasteiger charge is 2.15. The Morgan fingerprint density at radius 1 is 1.09 bits per heavy atom. The quantitative estimate of drug-likeness (QED) is 0.362. The van der Waals surface area contributed by atoms with Gasteiger partial charge in [0.2, 0.25) is 0 Å². The molecule has 7 heteroatoms. The Bertz CT molecular complexity index is 1450. The van der Waals surface area contributed by atoms with Gasteiger partial charge in [0.25, 0.3) is 0 Å². The molecule has 3 heterocycles. The number of rotatable bonds is 6. The third-order valence-corrected chi connectivity index (χ3v) is 5.78. The van der Waals surface area contributed by atoms with Crippen LogP contribution in [0.25, 0.3) is 28.2 Å². The molecule has 2 aromatic carbocycles. The number of benzene rings is 2. The average Bonchev–Trinajstić information content (AvgIpc) is 3.42. The molecule has 0 saturated heterocycles. The number of nitrogens with zero attached hydrogens (tertiary/aromatic N) is 3. The number of pyridine rings is 1. The van der Waals surface area contributed by atoms with Gasteiger partial charge in [0.05, 0.1) is 30.8 Å². The Labute approximate surface area is 191 Å². The van der Waals surface area contributed by atoms with Crippen molar-refractivity contribution in [3.05, 3.63) is 84.1 Å². The molecule has 0 aliphatic rings. The van der Waals surface area contributed by atoms with Crippen LogP contribution in [0.5, 0.6) is 5.75 Å². The first kappa shape index (κ1) is 20.8. The summed E-state index contributed by atoms with van der Waals surface area (Å²) in [5, 5.41) is 13.4. The van der Waals surface area contributed by atoms with Crippen LogP contribution in [0.1, 0.15) is 17.0 Å². The minimum Gasteiger partial charge on any atom is -0.497 e. The summed E-state index contributed by atoms with van der Waals surface area (Å²) in [6, 6.07) is 17.7. The Hall–Kier alpha value is -4.10. The van der Waals surface area contributed by atoms with Gasteiger partial charge in [-0.25, -0.2) is 9.97 Å². The fourth-order valence-electron chi connectivity index (χ4n) is 4.07. The first-order valence-electron chi connectivity index (χ1n) is 10.6. The average molecular weight is 441 g/mol. The number of nitrogens with one attached hydrogen (secondary N) is 1. The zero-order valence-corrected chi connectivity index (χ0v) is 18.7. The van der Waals surface area contributed by atoms with Gasteiger partial charge in [-0.2, -0.15) is 0 Å². The van der Waals surface area contributed by atoms with E-state index >= 15 is 0 Å². The molecule has 7 nitrogen and oxygen atoms in total. The molecule has 0 amide bonds. The number of aliphatic hydroxyl groups is 1. The van der Waals surface area contributed by atoms with Crippen molar-refractivity contribution >= 4 is 17.0 Å². The highest BCUT2D eigenvalue weighted by atomic mass is 16.5. The van der Waals surface area contributed by atoms with Crippen LogP contribution >= 0.6 is 0 Å². The molecule has 0 saturated carbocycles. The zero-order chi connectivity index (χ0) is 22.9. The molecule has 0 bridgehead atoms. The predicted octanol–water partition coefficient (Wildman–Crippen LogP) is 5.52. The lowest BCUT2D eigenvalue weighted by molar-refractivity contribution is 0.282. The number of aryl methyl sites for hydroxylation is 2. The van der Waals surface area contributed by atoms with E-state index in [1.165, 1.54) is 6.39 Å². The molecular weight excluding hydrogens is 416 g/mol. The van der Waals surface area contributed by atoms with E-state index in [0.717, 1.165) is 56.5 Å². The van der Waals surface area contributed by atoms with Gasteiger partial charge in [-0.1, -0.05) is 12.1 Å². The van der Waals surface area contributed by atoms with Crippen molar-refractivity contribution in [3.63, 3.8) is 0 Å². The van der Waals surface area contributed by atoms with Crippen molar-refractivity contribution in [2.45, 2.75) is 20.5 Å². The van der Waals surface area contributed by atoms with Crippen LogP contribution in [-0.2, 0) is 6.61 Å². The number of aromatic nitrogens is 3. The largest absolute Gasteiger partial charge is 0.497 e. The molecular formula is C26H24N4O3. The van der Waals surface area contributed by atoms with Crippen LogP contribution < -0.4 is 10.1 Å². The van der Waals surface area contributed by atoms with E-state index in [1.807, 2.05) is 67.7 Å². The first-order valence-corrected chi connectivity index (χ1v) is 10.6. The number of fused-ring (bicyclic) bond motifs is 1. The molecule has 0 fully saturated rings. The maximum atomic E-state index is 9.96. The summed E-state index contributed by atoms with van der Waals surface area (Å²) in [4.78, 5) is 9.09. The van der Waals surface area contributed by atoms with Crippen LogP contribution in [0, 0.1) is 13.8 Å². The molecule has 0 aliphatic carbocycles. The molecule has 0 spiro atoms. The van der Waals surface area contributed by atoms with Crippen LogP contribution in [-0.4, -0.2) is 26.6 Å². The Morgan fingerprint density at radius 2 is 1.97 bits per heavy atom. The minimum absolute atomic E-state index is 0.113. The van der Waals surface area contributed by atoms with Gasteiger partial charge in [-0.15, -0.1) is 0 Å². The number of oxazole rings is 1. The van der Waals surface area contributed by atoms with Crippen molar-refractivity contribution in [1.82, 2.24) is 14.4 Å². The van der Waals surface area contributed by atoms with Crippen LogP contribution in [0.15, 0.2) is 71.6 Å². The summed E-state index contributed by atoms with van der Waals surface area (Å²) >= 11 is 0. The van der Waals surface area contributed by atoms with E-state index in [0.29, 0.717) is 5.76 Å². The lowest BCUT2D eigenvalue weighted by Gasteiger charge is -2.12. The highest BCUT2D eigenvalue weighted by Crippen LogP contribution is 2.33. The predicted molar refractivity (Wildman–Crippen MR) is 128 cm³/mol. The minimum atomic E-state index is -0.113. The second-order valence-electron chi connectivity index (χ2n) is 7.82. The number of methoxy groups -OCH3 is 1. The van der Waals surface area contributed by atoms with Crippen molar-refractivity contribution in [2.24, 2.45) is 0 Å². The monoisotopic (exact) mass is 440 g/mol. The van der Waals surface area contributed by atoms with Gasteiger partial charge in [0, 0.05) is 28.7 Å². The standard InChI is InChI=1S/C26H24N4O3/c1-16-25(33-15-27-16)22-10-9-20(12-19(22)14-31)28-23-8-5-11-30-17(2)24(29-26(23)30)18-6-4-7-21(13-18)32-3/h4-13,15,28,31H,14H2,1-3H3. The van der Waals surface area contributed by atoms with E-state index in [-0.39, 0.29) is 6.61 Å². The molecule has 33 heavy (non-hydrogen) atoms. The van der Waals surface area contributed by atoms with E-state index in [1.54, 1.807) is 7.11 Å². The normalized spacial score (nSPS) is 11.2. The van der Waals surface area contributed by atoms with E-state index in [2.05, 4.69) is 21.6 Å². The first-order chi connectivity index (χ1) is 16.1. The SMILES string of the molecule is COc1cccc(-c2nc3c(Nc4ccc(-c5ocnc5C)c(CO)c4)cccn3c2C)c1. The van der Waals surface area contributed by atoms with Gasteiger partial charge in [-0.05, 0) is 61.9 Å². The summed E-state index contributed by atoms with van der Waals surface area (Å²) in [6.45, 7) is 3.82. The Morgan fingerprint density at radius 3 is 2.73 bits per heavy atom. The number of ether oxygens (including phenoxy) is 1. The second-order valence-corrected chi connectivity index (χ2v) is 7.82. The Balaban J connectivity index is 1.54. The third kappa shape index (κ3) is 3.72. The summed E-state index contributed by atoms with van der Waals surface area (Å²) in [7, 11) is 1.66. The maximum Gasteiger partial charge on any atom is 0.181 e. The second kappa shape index (κ2) is 8.44. The third-order valence-electron chi connectivity index (χ3n) is 5.78. The molecule has 5 aromatic rings. The molecule has 3 aromatic heterocycles. The van der Waals surface area contributed by atoms with Crippen molar-refractivity contribution < 1.29 is 14.3 Å². The fraction of sp³-hybridized carbons (Fsp3) is 0.154. The van der Waals surface area contributed by atoms with Crippen LogP contribution in [0.4, 0.5) is 11.4 Å². The van der Waals surface area contributed by atoms with Gasteiger partial charge < -0.3 is 24.0 Å². The molecule has 5 rings (SSSR count). The van der Waals surface area contributed by atoms with Gasteiger partial charge in [-0.3, -0.25) is 0 Å². The fourth-order valence-corrected chi connectivity index (χ4v) is 4.07. The topological polar surface area (TPSA) is 84.8 Å². The number of hydrogen-bond donors (Lipinski definition) is 2. The molecule has 0 unspecified atom stereocenters. The van der Waals surface area contributed by atoms with Crippen LogP contribution in [0.3, 0.4) is 0 Å². The van der Waals surface area contributed by atoms with E-state index < -0.39 is 0 Å². The zero-order valence-electron chi connectivity index (χ0n) is 18.7. The van der Waals surface area contributed by atoms with Gasteiger partial charge in [0.15, 0.2) is 17.8 Å². The van der Waals surface area contributed by atoms with Crippen molar-refractivity contribution in [2.75, 3.05) is 12.4 Å². The molecule has 0 atom stereocenters. The summed E-state index contributed by atoms with van der Waals surface area (Å²) in [5.74, 6) is 1.46. The lowest BCUT2D eigenvalue weighted by atomic mass is 10.0. The van der Waals surface area contributed by atoms with E-state index in [9.17, 15) is 5.11 Å². The Kier molecular flexibility index (Phi) is 5.32. The summed E-state index contributed by atoms with van der Waals surface area (Å²) in [6.07, 6.45) is 3.42. The number of imidazole rings is 1. The molecule has 2 N–H and O–H groups in total. The number of hydrogen-bond acceptors (Lipinski definition) is 6. The van der Waals surface area contributed by atoms with Crippen LogP contribution in [0.2, 0.25) is 0 Å². The summed E-state index contributed by atoms with van der Waals surface area (Å²) in [5.41, 5.74) is 7.82. The van der Waals surface area contributed by atoms with Gasteiger partial charge in [0.1, 0.15) is 5.75 Å². The molecule has 166 valence electrons. The maximum absolute atomic E-state index is 9.96. The van der Waals surface area contributed by atoms with E-state index in [4.69, 9.17) is 14.1 Å². The summed E-state index contributed by atoms with van der Waals surface area (Å²) < 4.78 is 13.0. The van der Waals surface area contributed by atoms with Gasteiger partial charge >= 0.3 is 0 Å². The number of anilines is 2. The van der Waals surface area contributed by atoms with Crippen molar-refractivity contribution in [3.8, 4) is 28.3 Å². The molecule has 0 radical (unpaired) electrons. The highest BCUT2D eigenvalue weighted by molar-refractivity contribution is 5.79. The smallest absolute Gasteiger partial charge is 0.181 e. The molecule has 0 aliphatic heterocycles. The lowest BCUT2D eigenvalue weighted by Crippen LogP contribution is -1.98.